The fraction of sp³-hybridized carbons (Fsp3) is 0.273. The summed E-state index contributed by atoms with van der Waals surface area (Å²) in [6.07, 6.45) is 3.44. The molecule has 2 aromatic rings. The third-order valence-corrected chi connectivity index (χ3v) is 3.05. The SMILES string of the molecule is Cc1nc(C)c(COc2cccnc2)s1. The Labute approximate surface area is 92.8 Å². The highest BCUT2D eigenvalue weighted by Gasteiger charge is 2.05. The first-order chi connectivity index (χ1) is 7.25. The van der Waals surface area contributed by atoms with Gasteiger partial charge in [0.25, 0.3) is 0 Å². The first kappa shape index (κ1) is 10.1. The lowest BCUT2D eigenvalue weighted by atomic mass is 10.4. The van der Waals surface area contributed by atoms with Crippen LogP contribution in [-0.2, 0) is 6.61 Å². The fourth-order valence-corrected chi connectivity index (χ4v) is 2.14. The van der Waals surface area contributed by atoms with Gasteiger partial charge in [-0.1, -0.05) is 0 Å². The quantitative estimate of drug-likeness (QED) is 0.797. The molecule has 78 valence electrons. The molecule has 0 fully saturated rings. The van der Waals surface area contributed by atoms with Crippen molar-refractivity contribution in [3.8, 4) is 5.75 Å². The Hall–Kier alpha value is -1.42. The third kappa shape index (κ3) is 2.53. The molecule has 2 heterocycles. The first-order valence-corrected chi connectivity index (χ1v) is 5.53. The van der Waals surface area contributed by atoms with Crippen LogP contribution in [0.25, 0.3) is 0 Å². The molecule has 3 nitrogen and oxygen atoms in total. The summed E-state index contributed by atoms with van der Waals surface area (Å²) in [6, 6.07) is 3.76. The molecule has 0 aliphatic rings. The molecular weight excluding hydrogens is 208 g/mol. The van der Waals surface area contributed by atoms with Crippen molar-refractivity contribution in [3.05, 3.63) is 40.1 Å². The van der Waals surface area contributed by atoms with Gasteiger partial charge in [-0.2, -0.15) is 0 Å². The average Bonchev–Trinajstić information content (AvgIpc) is 2.56. The zero-order chi connectivity index (χ0) is 10.7. The van der Waals surface area contributed by atoms with Gasteiger partial charge in [0.05, 0.1) is 21.8 Å². The number of aromatic nitrogens is 2. The summed E-state index contributed by atoms with van der Waals surface area (Å²) >= 11 is 1.68. The molecule has 0 aliphatic carbocycles. The van der Waals surface area contributed by atoms with E-state index in [4.69, 9.17) is 4.74 Å². The van der Waals surface area contributed by atoms with Gasteiger partial charge in [-0.25, -0.2) is 4.98 Å². The zero-order valence-electron chi connectivity index (χ0n) is 8.73. The number of nitrogens with zero attached hydrogens (tertiary/aromatic N) is 2. The van der Waals surface area contributed by atoms with Crippen molar-refractivity contribution in [2.45, 2.75) is 20.5 Å². The Morgan fingerprint density at radius 3 is 2.87 bits per heavy atom. The normalized spacial score (nSPS) is 10.3. The van der Waals surface area contributed by atoms with Gasteiger partial charge in [-0.05, 0) is 26.0 Å². The second-order valence-electron chi connectivity index (χ2n) is 3.22. The maximum atomic E-state index is 5.59. The van der Waals surface area contributed by atoms with Gasteiger partial charge < -0.3 is 4.74 Å². The van der Waals surface area contributed by atoms with Crippen LogP contribution in [0.2, 0.25) is 0 Å². The second kappa shape index (κ2) is 4.40. The number of hydrogen-bond acceptors (Lipinski definition) is 4. The van der Waals surface area contributed by atoms with Crippen molar-refractivity contribution in [1.29, 1.82) is 0 Å². The summed E-state index contributed by atoms with van der Waals surface area (Å²) < 4.78 is 5.59. The smallest absolute Gasteiger partial charge is 0.138 e. The minimum atomic E-state index is 0.572. The van der Waals surface area contributed by atoms with Crippen LogP contribution in [-0.4, -0.2) is 9.97 Å². The number of hydrogen-bond donors (Lipinski definition) is 0. The molecule has 0 bridgehead atoms. The molecule has 15 heavy (non-hydrogen) atoms. The molecule has 0 amide bonds. The van der Waals surface area contributed by atoms with Crippen LogP contribution in [0.5, 0.6) is 5.75 Å². The van der Waals surface area contributed by atoms with E-state index in [-0.39, 0.29) is 0 Å². The monoisotopic (exact) mass is 220 g/mol. The highest BCUT2D eigenvalue weighted by atomic mass is 32.1. The predicted octanol–water partition coefficient (Wildman–Crippen LogP) is 2.73. The van der Waals surface area contributed by atoms with Crippen molar-refractivity contribution in [2.75, 3.05) is 0 Å². The molecule has 0 spiro atoms. The summed E-state index contributed by atoms with van der Waals surface area (Å²) in [6.45, 7) is 4.58. The van der Waals surface area contributed by atoms with E-state index >= 15 is 0 Å². The van der Waals surface area contributed by atoms with Gasteiger partial charge >= 0.3 is 0 Å². The van der Waals surface area contributed by atoms with Crippen LogP contribution in [0.3, 0.4) is 0 Å². The Morgan fingerprint density at radius 1 is 1.40 bits per heavy atom. The number of thiazole rings is 1. The zero-order valence-corrected chi connectivity index (χ0v) is 9.54. The van der Waals surface area contributed by atoms with Crippen LogP contribution in [0.15, 0.2) is 24.5 Å². The van der Waals surface area contributed by atoms with Gasteiger partial charge in [-0.3, -0.25) is 4.98 Å². The lowest BCUT2D eigenvalue weighted by Crippen LogP contribution is -1.94. The molecule has 0 saturated carbocycles. The van der Waals surface area contributed by atoms with Gasteiger partial charge in [0.15, 0.2) is 0 Å². The Morgan fingerprint density at radius 2 is 2.27 bits per heavy atom. The summed E-state index contributed by atoms with van der Waals surface area (Å²) in [5, 5.41) is 1.08. The topological polar surface area (TPSA) is 35.0 Å². The number of rotatable bonds is 3. The van der Waals surface area contributed by atoms with Crippen molar-refractivity contribution in [1.82, 2.24) is 9.97 Å². The van der Waals surface area contributed by atoms with Crippen molar-refractivity contribution in [3.63, 3.8) is 0 Å². The fourth-order valence-electron chi connectivity index (χ4n) is 1.29. The van der Waals surface area contributed by atoms with E-state index < -0.39 is 0 Å². The van der Waals surface area contributed by atoms with Crippen molar-refractivity contribution in [2.24, 2.45) is 0 Å². The predicted molar refractivity (Wildman–Crippen MR) is 60.2 cm³/mol. The summed E-state index contributed by atoms with van der Waals surface area (Å²) in [5.74, 6) is 0.794. The molecule has 4 heteroatoms. The van der Waals surface area contributed by atoms with Crippen molar-refractivity contribution < 1.29 is 4.74 Å². The number of pyridine rings is 1. The summed E-state index contributed by atoms with van der Waals surface area (Å²) in [4.78, 5) is 9.51. The van der Waals surface area contributed by atoms with E-state index in [9.17, 15) is 0 Å². The van der Waals surface area contributed by atoms with Crippen molar-refractivity contribution >= 4 is 11.3 Å². The molecule has 0 aliphatic heterocycles. The van der Waals surface area contributed by atoms with E-state index in [0.717, 1.165) is 16.5 Å². The maximum absolute atomic E-state index is 5.59. The minimum absolute atomic E-state index is 0.572. The largest absolute Gasteiger partial charge is 0.486 e. The van der Waals surface area contributed by atoms with E-state index in [1.54, 1.807) is 23.7 Å². The Kier molecular flexibility index (Phi) is 2.97. The maximum Gasteiger partial charge on any atom is 0.138 e. The highest BCUT2D eigenvalue weighted by molar-refractivity contribution is 7.11. The standard InChI is InChI=1S/C11H12N2OS/c1-8-11(15-9(2)13-8)7-14-10-4-3-5-12-6-10/h3-6H,7H2,1-2H3. The number of aryl methyl sites for hydroxylation is 2. The molecule has 0 radical (unpaired) electrons. The third-order valence-electron chi connectivity index (χ3n) is 2.00. The second-order valence-corrected chi connectivity index (χ2v) is 4.51. The summed E-state index contributed by atoms with van der Waals surface area (Å²) in [7, 11) is 0. The Bertz CT molecular complexity index is 439. The molecule has 0 unspecified atom stereocenters. The van der Waals surface area contributed by atoms with E-state index in [2.05, 4.69) is 9.97 Å². The first-order valence-electron chi connectivity index (χ1n) is 4.71. The van der Waals surface area contributed by atoms with Crippen LogP contribution >= 0.6 is 11.3 Å². The van der Waals surface area contributed by atoms with Crippen LogP contribution in [0, 0.1) is 13.8 Å². The molecule has 2 aromatic heterocycles. The van der Waals surface area contributed by atoms with Crippen LogP contribution < -0.4 is 4.74 Å². The Balaban J connectivity index is 2.02. The van der Waals surface area contributed by atoms with Crippen LogP contribution in [0.4, 0.5) is 0 Å². The molecule has 0 atom stereocenters. The molecular formula is C11H12N2OS. The number of ether oxygens (including phenoxy) is 1. The van der Waals surface area contributed by atoms with Gasteiger partial charge in [0.2, 0.25) is 0 Å². The molecule has 0 saturated heterocycles. The molecule has 2 rings (SSSR count). The van der Waals surface area contributed by atoms with E-state index in [1.807, 2.05) is 26.0 Å². The molecule has 0 N–H and O–H groups in total. The molecule has 0 aromatic carbocycles. The lowest BCUT2D eigenvalue weighted by Gasteiger charge is -2.03. The van der Waals surface area contributed by atoms with Gasteiger partial charge in [-0.15, -0.1) is 11.3 Å². The average molecular weight is 220 g/mol. The highest BCUT2D eigenvalue weighted by Crippen LogP contribution is 2.19. The lowest BCUT2D eigenvalue weighted by molar-refractivity contribution is 0.307. The van der Waals surface area contributed by atoms with E-state index in [1.165, 1.54) is 4.88 Å². The summed E-state index contributed by atoms with van der Waals surface area (Å²) in [5.41, 5.74) is 1.06. The van der Waals surface area contributed by atoms with Gasteiger partial charge in [0.1, 0.15) is 12.4 Å². The van der Waals surface area contributed by atoms with Gasteiger partial charge in [0, 0.05) is 6.20 Å². The van der Waals surface area contributed by atoms with E-state index in [0.29, 0.717) is 6.61 Å². The minimum Gasteiger partial charge on any atom is -0.486 e. The van der Waals surface area contributed by atoms with Crippen LogP contribution in [0.1, 0.15) is 15.6 Å².